The second-order valence-electron chi connectivity index (χ2n) is 6.23. The minimum absolute atomic E-state index is 0.556. The van der Waals surface area contributed by atoms with Crippen molar-refractivity contribution in [3.63, 3.8) is 0 Å². The molecule has 0 spiro atoms. The summed E-state index contributed by atoms with van der Waals surface area (Å²) in [4.78, 5) is 8.75. The van der Waals surface area contributed by atoms with Gasteiger partial charge >= 0.3 is 0 Å². The average Bonchev–Trinajstić information content (AvgIpc) is 3.18. The molecular weight excluding hydrogens is 342 g/mol. The van der Waals surface area contributed by atoms with E-state index in [0.29, 0.717) is 19.8 Å². The van der Waals surface area contributed by atoms with Crippen LogP contribution in [-0.4, -0.2) is 48.9 Å². The third-order valence-electron chi connectivity index (χ3n) is 3.95. The number of ether oxygens (including phenoxy) is 2. The van der Waals surface area contributed by atoms with Gasteiger partial charge in [-0.15, -0.1) is 0 Å². The molecule has 0 atom stereocenters. The first-order chi connectivity index (χ1) is 13.2. The molecule has 0 radical (unpaired) electrons. The quantitative estimate of drug-likeness (QED) is 0.359. The average molecular weight is 374 g/mol. The number of imidazole rings is 1. The van der Waals surface area contributed by atoms with Gasteiger partial charge in [0.2, 0.25) is 0 Å². The van der Waals surface area contributed by atoms with E-state index in [9.17, 15) is 0 Å². The summed E-state index contributed by atoms with van der Waals surface area (Å²) >= 11 is 0. The smallest absolute Gasteiger partial charge is 0.191 e. The molecule has 2 rings (SSSR count). The van der Waals surface area contributed by atoms with Crippen molar-refractivity contribution in [2.75, 3.05) is 33.4 Å². The fourth-order valence-corrected chi connectivity index (χ4v) is 2.54. The van der Waals surface area contributed by atoms with E-state index >= 15 is 0 Å². The van der Waals surface area contributed by atoms with E-state index in [1.165, 1.54) is 5.56 Å². The minimum atomic E-state index is 0.556. The fourth-order valence-electron chi connectivity index (χ4n) is 2.54. The maximum Gasteiger partial charge on any atom is 0.191 e. The largest absolute Gasteiger partial charge is 0.493 e. The Kier molecular flexibility index (Phi) is 9.20. The predicted octanol–water partition coefficient (Wildman–Crippen LogP) is 2.36. The van der Waals surface area contributed by atoms with Gasteiger partial charge in [0.1, 0.15) is 5.75 Å². The summed E-state index contributed by atoms with van der Waals surface area (Å²) in [7, 11) is 1.70. The first-order valence-electron chi connectivity index (χ1n) is 9.42. The van der Waals surface area contributed by atoms with Crippen LogP contribution < -0.4 is 15.4 Å². The van der Waals surface area contributed by atoms with Crippen molar-refractivity contribution in [1.29, 1.82) is 0 Å². The van der Waals surface area contributed by atoms with E-state index in [4.69, 9.17) is 14.5 Å². The Morgan fingerprint density at radius 1 is 1.26 bits per heavy atom. The second-order valence-corrected chi connectivity index (χ2v) is 6.23. The number of nitrogens with zero attached hydrogens (tertiary/aromatic N) is 3. The molecule has 7 heteroatoms. The molecule has 2 aromatic rings. The van der Waals surface area contributed by atoms with E-state index < -0.39 is 0 Å². The standard InChI is InChI=1S/C20H31N5O2/c1-4-22-20(23-9-11-25-10-8-21-16-25)24-15-18-7-6-17(2)14-19(18)27-13-5-12-26-3/h6-8,10,14,16H,4-5,9,11-13,15H2,1-3H3,(H2,22,23,24). The van der Waals surface area contributed by atoms with Crippen LogP contribution in [0, 0.1) is 6.92 Å². The van der Waals surface area contributed by atoms with E-state index in [-0.39, 0.29) is 0 Å². The number of hydrogen-bond acceptors (Lipinski definition) is 4. The Morgan fingerprint density at radius 3 is 2.89 bits per heavy atom. The van der Waals surface area contributed by atoms with E-state index in [0.717, 1.165) is 43.3 Å². The summed E-state index contributed by atoms with van der Waals surface area (Å²) in [5.74, 6) is 1.69. The third-order valence-corrected chi connectivity index (χ3v) is 3.95. The zero-order valence-corrected chi connectivity index (χ0v) is 16.6. The topological polar surface area (TPSA) is 72.7 Å². The number of rotatable bonds is 11. The van der Waals surface area contributed by atoms with Gasteiger partial charge in [0.15, 0.2) is 5.96 Å². The van der Waals surface area contributed by atoms with Gasteiger partial charge in [-0.25, -0.2) is 9.98 Å². The van der Waals surface area contributed by atoms with Crippen LogP contribution in [0.4, 0.5) is 0 Å². The molecule has 2 N–H and O–H groups in total. The zero-order valence-electron chi connectivity index (χ0n) is 16.6. The van der Waals surface area contributed by atoms with Gasteiger partial charge in [-0.2, -0.15) is 0 Å². The first-order valence-corrected chi connectivity index (χ1v) is 9.42. The van der Waals surface area contributed by atoms with Crippen LogP contribution >= 0.6 is 0 Å². The SMILES string of the molecule is CCNC(=NCc1ccc(C)cc1OCCCOC)NCCn1ccnc1. The second kappa shape index (κ2) is 12.0. The van der Waals surface area contributed by atoms with Crippen molar-refractivity contribution in [1.82, 2.24) is 20.2 Å². The number of aromatic nitrogens is 2. The fraction of sp³-hybridized carbons (Fsp3) is 0.500. The highest BCUT2D eigenvalue weighted by atomic mass is 16.5. The molecule has 0 amide bonds. The van der Waals surface area contributed by atoms with Crippen molar-refractivity contribution < 1.29 is 9.47 Å². The lowest BCUT2D eigenvalue weighted by atomic mass is 10.1. The Hall–Kier alpha value is -2.54. The number of benzene rings is 1. The van der Waals surface area contributed by atoms with Crippen LogP contribution in [0.15, 0.2) is 41.9 Å². The van der Waals surface area contributed by atoms with E-state index in [2.05, 4.69) is 47.7 Å². The number of aliphatic imine (C=N–C) groups is 1. The van der Waals surface area contributed by atoms with Crippen molar-refractivity contribution >= 4 is 5.96 Å². The van der Waals surface area contributed by atoms with Crippen LogP contribution in [0.5, 0.6) is 5.75 Å². The van der Waals surface area contributed by atoms with E-state index in [1.54, 1.807) is 13.3 Å². The number of aryl methyl sites for hydroxylation is 1. The van der Waals surface area contributed by atoms with Crippen LogP contribution in [0.25, 0.3) is 0 Å². The maximum absolute atomic E-state index is 5.94. The minimum Gasteiger partial charge on any atom is -0.493 e. The molecule has 148 valence electrons. The monoisotopic (exact) mass is 373 g/mol. The molecule has 0 unspecified atom stereocenters. The maximum atomic E-state index is 5.94. The summed E-state index contributed by atoms with van der Waals surface area (Å²) < 4.78 is 13.1. The Bertz CT molecular complexity index is 686. The molecule has 0 aliphatic carbocycles. The highest BCUT2D eigenvalue weighted by Gasteiger charge is 2.05. The highest BCUT2D eigenvalue weighted by Crippen LogP contribution is 2.21. The molecule has 1 heterocycles. The van der Waals surface area contributed by atoms with Crippen LogP contribution in [0.2, 0.25) is 0 Å². The molecule has 7 nitrogen and oxygen atoms in total. The van der Waals surface area contributed by atoms with Crippen LogP contribution in [0.1, 0.15) is 24.5 Å². The number of guanidine groups is 1. The summed E-state index contributed by atoms with van der Waals surface area (Å²) in [5, 5.41) is 6.63. The van der Waals surface area contributed by atoms with Crippen molar-refractivity contribution in [3.05, 3.63) is 48.0 Å². The zero-order chi connectivity index (χ0) is 19.3. The van der Waals surface area contributed by atoms with Crippen molar-refractivity contribution in [2.24, 2.45) is 4.99 Å². The van der Waals surface area contributed by atoms with Gasteiger partial charge in [-0.1, -0.05) is 12.1 Å². The molecule has 27 heavy (non-hydrogen) atoms. The lowest BCUT2D eigenvalue weighted by Crippen LogP contribution is -2.38. The van der Waals surface area contributed by atoms with Gasteiger partial charge in [-0.3, -0.25) is 0 Å². The van der Waals surface area contributed by atoms with E-state index in [1.807, 2.05) is 17.1 Å². The van der Waals surface area contributed by atoms with Crippen molar-refractivity contribution in [2.45, 2.75) is 33.4 Å². The van der Waals surface area contributed by atoms with Crippen molar-refractivity contribution in [3.8, 4) is 5.75 Å². The van der Waals surface area contributed by atoms with Crippen LogP contribution in [-0.2, 0) is 17.8 Å². The number of hydrogen-bond donors (Lipinski definition) is 2. The first kappa shape index (κ1) is 20.8. The molecule has 0 aliphatic heterocycles. The molecule has 0 fully saturated rings. The molecular formula is C20H31N5O2. The van der Waals surface area contributed by atoms with Gasteiger partial charge < -0.3 is 24.7 Å². The highest BCUT2D eigenvalue weighted by molar-refractivity contribution is 5.79. The van der Waals surface area contributed by atoms with Gasteiger partial charge in [0.05, 0.1) is 19.5 Å². The molecule has 0 saturated heterocycles. The van der Waals surface area contributed by atoms with Gasteiger partial charge in [0.25, 0.3) is 0 Å². The summed E-state index contributed by atoms with van der Waals surface area (Å²) in [6.45, 7) is 8.44. The molecule has 1 aromatic heterocycles. The normalized spacial score (nSPS) is 11.4. The van der Waals surface area contributed by atoms with Gasteiger partial charge in [-0.05, 0) is 25.5 Å². The Morgan fingerprint density at radius 2 is 2.15 bits per heavy atom. The lowest BCUT2D eigenvalue weighted by Gasteiger charge is -2.14. The Balaban J connectivity index is 1.94. The van der Waals surface area contributed by atoms with Crippen LogP contribution in [0.3, 0.4) is 0 Å². The summed E-state index contributed by atoms with van der Waals surface area (Å²) in [6, 6.07) is 6.24. The number of methoxy groups -OCH3 is 1. The third kappa shape index (κ3) is 7.70. The molecule has 0 saturated carbocycles. The molecule has 1 aromatic carbocycles. The molecule has 0 aliphatic rings. The summed E-state index contributed by atoms with van der Waals surface area (Å²) in [6.07, 6.45) is 6.41. The lowest BCUT2D eigenvalue weighted by molar-refractivity contribution is 0.172. The number of nitrogens with one attached hydrogen (secondary N) is 2. The Labute approximate surface area is 161 Å². The molecule has 0 bridgehead atoms. The summed E-state index contributed by atoms with van der Waals surface area (Å²) in [5.41, 5.74) is 2.25. The van der Waals surface area contributed by atoms with Gasteiger partial charge in [0, 0.05) is 57.7 Å². The predicted molar refractivity (Wildman–Crippen MR) is 108 cm³/mol.